The molecule has 2 N–H and O–H groups in total. The van der Waals surface area contributed by atoms with Gasteiger partial charge < -0.3 is 10.6 Å². The molecule has 1 atom stereocenters. The van der Waals surface area contributed by atoms with Crippen molar-refractivity contribution in [3.63, 3.8) is 0 Å². The smallest absolute Gasteiger partial charge is 0.159 e. The summed E-state index contributed by atoms with van der Waals surface area (Å²) in [7, 11) is 0. The Morgan fingerprint density at radius 3 is 2.72 bits per heavy atom. The first kappa shape index (κ1) is 20.5. The fraction of sp³-hybridized carbons (Fsp3) is 0.292. The second-order valence-electron chi connectivity index (χ2n) is 8.14. The van der Waals surface area contributed by atoms with Crippen LogP contribution in [0.3, 0.4) is 0 Å². The molecule has 0 radical (unpaired) electrons. The molecule has 5 rings (SSSR count). The minimum Gasteiger partial charge on any atom is -0.362 e. The molecule has 0 amide bonds. The number of anilines is 1. The van der Waals surface area contributed by atoms with Crippen molar-refractivity contribution >= 4 is 16.9 Å². The van der Waals surface area contributed by atoms with Crippen LogP contribution in [0.2, 0.25) is 0 Å². The summed E-state index contributed by atoms with van der Waals surface area (Å²) in [6, 6.07) is 12.8. The standard InChI is InChI=1S/C24H26FN7/c1-17(19-3-5-20(25)6-4-19)29-23-13-27-14-24(30-23)32-16-28-21-7-2-18(12-22(21)32)15-31-10-8-26-9-11-31/h2-7,12-14,16-17,26H,8-11,15H2,1H3,(H,29,30)/t17-/m0/s1. The summed E-state index contributed by atoms with van der Waals surface area (Å²) in [5, 5.41) is 6.75. The lowest BCUT2D eigenvalue weighted by molar-refractivity contribution is 0.233. The van der Waals surface area contributed by atoms with Gasteiger partial charge in [0.05, 0.1) is 23.4 Å². The zero-order chi connectivity index (χ0) is 21.9. The van der Waals surface area contributed by atoms with E-state index in [2.05, 4.69) is 43.7 Å². The molecule has 164 valence electrons. The number of fused-ring (bicyclic) bond motifs is 1. The van der Waals surface area contributed by atoms with Gasteiger partial charge in [0.2, 0.25) is 0 Å². The average molecular weight is 432 g/mol. The Morgan fingerprint density at radius 1 is 1.09 bits per heavy atom. The number of nitrogens with one attached hydrogen (secondary N) is 2. The third-order valence-corrected chi connectivity index (χ3v) is 5.83. The first-order valence-electron chi connectivity index (χ1n) is 10.9. The molecule has 0 saturated carbocycles. The molecule has 8 heteroatoms. The third kappa shape index (κ3) is 4.46. The highest BCUT2D eigenvalue weighted by Crippen LogP contribution is 2.22. The van der Waals surface area contributed by atoms with Crippen LogP contribution in [-0.4, -0.2) is 50.6 Å². The predicted octanol–water partition coefficient (Wildman–Crippen LogP) is 3.53. The van der Waals surface area contributed by atoms with Crippen LogP contribution in [0.4, 0.5) is 10.2 Å². The second kappa shape index (κ2) is 9.02. The molecule has 1 aliphatic rings. The van der Waals surface area contributed by atoms with Gasteiger partial charge >= 0.3 is 0 Å². The molecule has 3 heterocycles. The second-order valence-corrected chi connectivity index (χ2v) is 8.14. The predicted molar refractivity (Wildman–Crippen MR) is 123 cm³/mol. The van der Waals surface area contributed by atoms with Gasteiger partial charge in [-0.05, 0) is 42.3 Å². The molecule has 2 aromatic carbocycles. The first-order valence-corrected chi connectivity index (χ1v) is 10.9. The summed E-state index contributed by atoms with van der Waals surface area (Å²) < 4.78 is 15.2. The van der Waals surface area contributed by atoms with E-state index >= 15 is 0 Å². The van der Waals surface area contributed by atoms with Gasteiger partial charge in [-0.1, -0.05) is 18.2 Å². The summed E-state index contributed by atoms with van der Waals surface area (Å²) in [5.74, 6) is 1.10. The molecule has 1 saturated heterocycles. The molecular weight excluding hydrogens is 405 g/mol. The normalized spacial score (nSPS) is 15.7. The van der Waals surface area contributed by atoms with Crippen LogP contribution in [0.1, 0.15) is 24.1 Å². The van der Waals surface area contributed by atoms with Gasteiger partial charge in [-0.25, -0.2) is 14.4 Å². The lowest BCUT2D eigenvalue weighted by Gasteiger charge is -2.27. The van der Waals surface area contributed by atoms with Crippen LogP contribution in [0.25, 0.3) is 16.9 Å². The molecule has 0 spiro atoms. The van der Waals surface area contributed by atoms with Crippen LogP contribution >= 0.6 is 0 Å². The molecular formula is C24H26FN7. The van der Waals surface area contributed by atoms with Crippen molar-refractivity contribution in [2.75, 3.05) is 31.5 Å². The SMILES string of the molecule is C[C@H](Nc1cncc(-n2cnc3ccc(CN4CCNCC4)cc32)n1)c1ccc(F)cc1. The quantitative estimate of drug-likeness (QED) is 0.487. The molecule has 1 aliphatic heterocycles. The van der Waals surface area contributed by atoms with E-state index in [0.717, 1.165) is 49.3 Å². The molecule has 0 bridgehead atoms. The van der Waals surface area contributed by atoms with Crippen LogP contribution in [0, 0.1) is 5.82 Å². The van der Waals surface area contributed by atoms with Crippen molar-refractivity contribution in [2.45, 2.75) is 19.5 Å². The number of nitrogens with zero attached hydrogens (tertiary/aromatic N) is 5. The Balaban J connectivity index is 1.38. The number of halogens is 1. The van der Waals surface area contributed by atoms with E-state index in [1.165, 1.54) is 17.7 Å². The Morgan fingerprint density at radius 2 is 1.91 bits per heavy atom. The largest absolute Gasteiger partial charge is 0.362 e. The molecule has 1 fully saturated rings. The van der Waals surface area contributed by atoms with E-state index in [9.17, 15) is 4.39 Å². The Labute approximate surface area is 186 Å². The van der Waals surface area contributed by atoms with Gasteiger partial charge in [-0.2, -0.15) is 0 Å². The van der Waals surface area contributed by atoms with E-state index in [0.29, 0.717) is 11.6 Å². The zero-order valence-electron chi connectivity index (χ0n) is 18.0. The fourth-order valence-corrected chi connectivity index (χ4v) is 4.06. The van der Waals surface area contributed by atoms with Gasteiger partial charge in [-0.3, -0.25) is 14.5 Å². The summed E-state index contributed by atoms with van der Waals surface area (Å²) in [6.45, 7) is 7.12. The Bertz CT molecular complexity index is 1200. The Hall–Kier alpha value is -3.36. The van der Waals surface area contributed by atoms with Crippen molar-refractivity contribution in [3.8, 4) is 5.82 Å². The van der Waals surface area contributed by atoms with Crippen LogP contribution < -0.4 is 10.6 Å². The number of rotatable bonds is 6. The highest BCUT2D eigenvalue weighted by molar-refractivity contribution is 5.77. The number of hydrogen-bond donors (Lipinski definition) is 2. The molecule has 0 unspecified atom stereocenters. The fourth-order valence-electron chi connectivity index (χ4n) is 4.06. The molecule has 32 heavy (non-hydrogen) atoms. The van der Waals surface area contributed by atoms with E-state index in [1.807, 2.05) is 11.5 Å². The van der Waals surface area contributed by atoms with Crippen LogP contribution in [0.5, 0.6) is 0 Å². The molecule has 7 nitrogen and oxygen atoms in total. The molecule has 0 aliphatic carbocycles. The van der Waals surface area contributed by atoms with Gasteiger partial charge in [0.15, 0.2) is 5.82 Å². The highest BCUT2D eigenvalue weighted by atomic mass is 19.1. The minimum absolute atomic E-state index is 0.0367. The van der Waals surface area contributed by atoms with Crippen LogP contribution in [0.15, 0.2) is 61.2 Å². The van der Waals surface area contributed by atoms with Crippen molar-refractivity contribution in [3.05, 3.63) is 78.1 Å². The van der Waals surface area contributed by atoms with E-state index in [-0.39, 0.29) is 11.9 Å². The van der Waals surface area contributed by atoms with E-state index < -0.39 is 0 Å². The lowest BCUT2D eigenvalue weighted by atomic mass is 10.1. The lowest BCUT2D eigenvalue weighted by Crippen LogP contribution is -2.42. The van der Waals surface area contributed by atoms with Gasteiger partial charge in [0.25, 0.3) is 0 Å². The first-order chi connectivity index (χ1) is 15.7. The third-order valence-electron chi connectivity index (χ3n) is 5.83. The van der Waals surface area contributed by atoms with Crippen molar-refractivity contribution in [2.24, 2.45) is 0 Å². The van der Waals surface area contributed by atoms with Gasteiger partial charge in [-0.15, -0.1) is 0 Å². The summed E-state index contributed by atoms with van der Waals surface area (Å²) in [4.78, 5) is 16.1. The van der Waals surface area contributed by atoms with Gasteiger partial charge in [0, 0.05) is 38.8 Å². The summed E-state index contributed by atoms with van der Waals surface area (Å²) in [5.41, 5.74) is 4.17. The number of aromatic nitrogens is 4. The maximum atomic E-state index is 13.2. The number of piperazine rings is 1. The van der Waals surface area contributed by atoms with E-state index in [4.69, 9.17) is 4.98 Å². The number of imidazole rings is 1. The maximum absolute atomic E-state index is 13.2. The Kier molecular flexibility index (Phi) is 5.79. The number of benzene rings is 2. The summed E-state index contributed by atoms with van der Waals surface area (Å²) >= 11 is 0. The summed E-state index contributed by atoms with van der Waals surface area (Å²) in [6.07, 6.45) is 5.22. The monoisotopic (exact) mass is 431 g/mol. The zero-order valence-corrected chi connectivity index (χ0v) is 18.0. The number of hydrogen-bond acceptors (Lipinski definition) is 6. The topological polar surface area (TPSA) is 70.9 Å². The van der Waals surface area contributed by atoms with Crippen molar-refractivity contribution < 1.29 is 4.39 Å². The van der Waals surface area contributed by atoms with Crippen molar-refractivity contribution in [1.29, 1.82) is 0 Å². The van der Waals surface area contributed by atoms with Gasteiger partial charge in [0.1, 0.15) is 18.0 Å². The van der Waals surface area contributed by atoms with Crippen molar-refractivity contribution in [1.82, 2.24) is 29.7 Å². The minimum atomic E-state index is -0.244. The highest BCUT2D eigenvalue weighted by Gasteiger charge is 2.13. The average Bonchev–Trinajstić information content (AvgIpc) is 3.24. The molecule has 2 aromatic heterocycles. The molecule has 4 aromatic rings. The maximum Gasteiger partial charge on any atom is 0.159 e. The van der Waals surface area contributed by atoms with E-state index in [1.54, 1.807) is 30.9 Å². The van der Waals surface area contributed by atoms with Crippen LogP contribution in [-0.2, 0) is 6.54 Å².